The molecular formula is C19H20N2O3. The summed E-state index contributed by atoms with van der Waals surface area (Å²) < 4.78 is 0. The highest BCUT2D eigenvalue weighted by Crippen LogP contribution is 2.22. The summed E-state index contributed by atoms with van der Waals surface area (Å²) in [4.78, 5) is 25.9. The number of aliphatic hydroxyl groups is 1. The molecule has 1 saturated heterocycles. The van der Waals surface area contributed by atoms with Crippen molar-refractivity contribution in [2.24, 2.45) is 0 Å². The van der Waals surface area contributed by atoms with Crippen molar-refractivity contribution in [3.05, 3.63) is 65.7 Å². The normalized spacial score (nSPS) is 15.4. The lowest BCUT2D eigenvalue weighted by Gasteiger charge is -2.18. The van der Waals surface area contributed by atoms with Crippen LogP contribution in [-0.2, 0) is 4.79 Å². The van der Waals surface area contributed by atoms with Crippen LogP contribution in [0.5, 0.6) is 0 Å². The SMILES string of the molecule is O=C(NC(CO)c1ccccc1)c1ccc(N2CCCC2=O)cc1. The molecule has 2 N–H and O–H groups in total. The first-order valence-electron chi connectivity index (χ1n) is 8.06. The molecule has 0 bridgehead atoms. The summed E-state index contributed by atoms with van der Waals surface area (Å²) in [5.74, 6) is -0.131. The summed E-state index contributed by atoms with van der Waals surface area (Å²) in [6.07, 6.45) is 1.45. The largest absolute Gasteiger partial charge is 0.394 e. The fraction of sp³-hybridized carbons (Fsp3) is 0.263. The number of hydrogen-bond donors (Lipinski definition) is 2. The molecule has 1 fully saturated rings. The van der Waals surface area contributed by atoms with Crippen LogP contribution < -0.4 is 10.2 Å². The maximum Gasteiger partial charge on any atom is 0.251 e. The van der Waals surface area contributed by atoms with Gasteiger partial charge in [-0.1, -0.05) is 30.3 Å². The summed E-state index contributed by atoms with van der Waals surface area (Å²) in [7, 11) is 0. The van der Waals surface area contributed by atoms with Gasteiger partial charge in [0.1, 0.15) is 0 Å². The summed E-state index contributed by atoms with van der Waals surface area (Å²) in [6, 6.07) is 15.9. The standard InChI is InChI=1S/C19H20N2O3/c22-13-17(14-5-2-1-3-6-14)20-19(24)15-8-10-16(11-9-15)21-12-4-7-18(21)23/h1-3,5-6,8-11,17,22H,4,7,12-13H2,(H,20,24). The zero-order valence-corrected chi connectivity index (χ0v) is 13.3. The number of rotatable bonds is 5. The van der Waals surface area contributed by atoms with E-state index in [1.165, 1.54) is 0 Å². The van der Waals surface area contributed by atoms with Crippen LogP contribution in [0.25, 0.3) is 0 Å². The van der Waals surface area contributed by atoms with Gasteiger partial charge in [-0.15, -0.1) is 0 Å². The minimum absolute atomic E-state index is 0.122. The lowest BCUT2D eigenvalue weighted by Crippen LogP contribution is -2.30. The quantitative estimate of drug-likeness (QED) is 0.886. The van der Waals surface area contributed by atoms with Gasteiger partial charge in [-0.2, -0.15) is 0 Å². The average Bonchev–Trinajstić information content (AvgIpc) is 3.06. The zero-order valence-electron chi connectivity index (χ0n) is 13.3. The molecule has 1 unspecified atom stereocenters. The molecule has 1 aliphatic rings. The van der Waals surface area contributed by atoms with E-state index in [1.54, 1.807) is 29.2 Å². The van der Waals surface area contributed by atoms with E-state index in [0.29, 0.717) is 12.0 Å². The average molecular weight is 324 g/mol. The number of anilines is 1. The van der Waals surface area contributed by atoms with Gasteiger partial charge >= 0.3 is 0 Å². The van der Waals surface area contributed by atoms with Crippen molar-refractivity contribution in [1.29, 1.82) is 0 Å². The molecule has 1 atom stereocenters. The second-order valence-electron chi connectivity index (χ2n) is 5.82. The zero-order chi connectivity index (χ0) is 16.9. The minimum Gasteiger partial charge on any atom is -0.394 e. The van der Waals surface area contributed by atoms with E-state index in [9.17, 15) is 14.7 Å². The van der Waals surface area contributed by atoms with E-state index in [4.69, 9.17) is 0 Å². The van der Waals surface area contributed by atoms with E-state index in [1.807, 2.05) is 30.3 Å². The van der Waals surface area contributed by atoms with Gasteiger partial charge in [-0.05, 0) is 36.2 Å². The highest BCUT2D eigenvalue weighted by Gasteiger charge is 2.22. The predicted molar refractivity (Wildman–Crippen MR) is 91.8 cm³/mol. The predicted octanol–water partition coefficient (Wildman–Crippen LogP) is 2.28. The lowest BCUT2D eigenvalue weighted by molar-refractivity contribution is -0.117. The van der Waals surface area contributed by atoms with Crippen LogP contribution in [0.1, 0.15) is 34.8 Å². The van der Waals surface area contributed by atoms with E-state index in [0.717, 1.165) is 24.2 Å². The monoisotopic (exact) mass is 324 g/mol. The first kappa shape index (κ1) is 16.2. The Morgan fingerprint density at radius 3 is 2.42 bits per heavy atom. The number of carbonyl (C=O) groups is 2. The molecule has 0 radical (unpaired) electrons. The van der Waals surface area contributed by atoms with Gasteiger partial charge in [-0.25, -0.2) is 0 Å². The molecule has 124 valence electrons. The number of hydrogen-bond acceptors (Lipinski definition) is 3. The third kappa shape index (κ3) is 3.46. The van der Waals surface area contributed by atoms with Crippen LogP contribution in [0.2, 0.25) is 0 Å². The van der Waals surface area contributed by atoms with Crippen molar-refractivity contribution < 1.29 is 14.7 Å². The number of nitrogens with zero attached hydrogens (tertiary/aromatic N) is 1. The highest BCUT2D eigenvalue weighted by molar-refractivity contribution is 5.97. The van der Waals surface area contributed by atoms with Crippen molar-refractivity contribution >= 4 is 17.5 Å². The first-order chi connectivity index (χ1) is 11.7. The highest BCUT2D eigenvalue weighted by atomic mass is 16.3. The van der Waals surface area contributed by atoms with Crippen molar-refractivity contribution in [3.63, 3.8) is 0 Å². The Hall–Kier alpha value is -2.66. The maximum absolute atomic E-state index is 12.4. The van der Waals surface area contributed by atoms with E-state index >= 15 is 0 Å². The Morgan fingerprint density at radius 1 is 1.12 bits per heavy atom. The van der Waals surface area contributed by atoms with Crippen molar-refractivity contribution in [1.82, 2.24) is 5.32 Å². The molecule has 24 heavy (non-hydrogen) atoms. The number of aliphatic hydroxyl groups excluding tert-OH is 1. The Morgan fingerprint density at radius 2 is 1.83 bits per heavy atom. The Bertz CT molecular complexity index is 713. The summed E-state index contributed by atoms with van der Waals surface area (Å²) in [5.41, 5.74) is 2.17. The molecule has 3 rings (SSSR count). The van der Waals surface area contributed by atoms with Crippen molar-refractivity contribution in [2.75, 3.05) is 18.1 Å². The Kier molecular flexibility index (Phi) is 4.91. The summed E-state index contributed by atoms with van der Waals surface area (Å²) in [6.45, 7) is 0.557. The van der Waals surface area contributed by atoms with Crippen LogP contribution in [0, 0.1) is 0 Å². The van der Waals surface area contributed by atoms with Gasteiger partial charge in [0.25, 0.3) is 5.91 Å². The van der Waals surface area contributed by atoms with Crippen molar-refractivity contribution in [2.45, 2.75) is 18.9 Å². The Labute approximate surface area is 140 Å². The minimum atomic E-state index is -0.446. The topological polar surface area (TPSA) is 69.6 Å². The van der Waals surface area contributed by atoms with Gasteiger partial charge < -0.3 is 15.3 Å². The van der Waals surface area contributed by atoms with Crippen LogP contribution >= 0.6 is 0 Å². The third-order valence-electron chi connectivity index (χ3n) is 4.20. The molecule has 2 amide bonds. The maximum atomic E-state index is 12.4. The van der Waals surface area contributed by atoms with Gasteiger partial charge in [0.2, 0.25) is 5.91 Å². The number of nitrogens with one attached hydrogen (secondary N) is 1. The molecule has 2 aromatic rings. The molecule has 2 aromatic carbocycles. The number of benzene rings is 2. The van der Waals surface area contributed by atoms with Crippen LogP contribution in [0.4, 0.5) is 5.69 Å². The van der Waals surface area contributed by atoms with Gasteiger partial charge in [-0.3, -0.25) is 9.59 Å². The van der Waals surface area contributed by atoms with Gasteiger partial charge in [0.05, 0.1) is 12.6 Å². The number of amides is 2. The molecular weight excluding hydrogens is 304 g/mol. The van der Waals surface area contributed by atoms with Crippen LogP contribution in [0.15, 0.2) is 54.6 Å². The van der Waals surface area contributed by atoms with E-state index < -0.39 is 6.04 Å². The van der Waals surface area contributed by atoms with Crippen molar-refractivity contribution in [3.8, 4) is 0 Å². The van der Waals surface area contributed by atoms with E-state index in [-0.39, 0.29) is 18.4 Å². The molecule has 1 heterocycles. The second-order valence-corrected chi connectivity index (χ2v) is 5.82. The fourth-order valence-corrected chi connectivity index (χ4v) is 2.88. The molecule has 0 aromatic heterocycles. The van der Waals surface area contributed by atoms with E-state index in [2.05, 4.69) is 5.32 Å². The molecule has 0 saturated carbocycles. The smallest absolute Gasteiger partial charge is 0.251 e. The second kappa shape index (κ2) is 7.27. The summed E-state index contributed by atoms with van der Waals surface area (Å²) in [5, 5.41) is 12.4. The molecule has 5 nitrogen and oxygen atoms in total. The molecule has 1 aliphatic heterocycles. The summed E-state index contributed by atoms with van der Waals surface area (Å²) >= 11 is 0. The third-order valence-corrected chi connectivity index (χ3v) is 4.20. The Balaban J connectivity index is 1.69. The number of carbonyl (C=O) groups excluding carboxylic acids is 2. The van der Waals surface area contributed by atoms with Crippen LogP contribution in [0.3, 0.4) is 0 Å². The molecule has 0 aliphatic carbocycles. The molecule has 0 spiro atoms. The fourth-order valence-electron chi connectivity index (χ4n) is 2.88. The van der Waals surface area contributed by atoms with Gasteiger partial charge in [0.15, 0.2) is 0 Å². The van der Waals surface area contributed by atoms with Gasteiger partial charge in [0, 0.05) is 24.2 Å². The lowest BCUT2D eigenvalue weighted by atomic mass is 10.1. The van der Waals surface area contributed by atoms with Crippen LogP contribution in [-0.4, -0.2) is 30.1 Å². The molecule has 5 heteroatoms. The first-order valence-corrected chi connectivity index (χ1v) is 8.06.